The molecule has 1 N–H and O–H groups in total. The molecular formula is C11H22NOW-. The van der Waals surface area contributed by atoms with Gasteiger partial charge in [-0.15, -0.1) is 0 Å². The summed E-state index contributed by atoms with van der Waals surface area (Å²) in [6, 6.07) is -0.319. The summed E-state index contributed by atoms with van der Waals surface area (Å²) in [5.41, 5.74) is -0.377. The number of nitrogens with one attached hydrogen (secondary N) is 1. The molecule has 0 aromatic heterocycles. The molecule has 3 heteroatoms. The van der Waals surface area contributed by atoms with Crippen LogP contribution in [-0.4, -0.2) is 17.4 Å². The molecule has 1 atom stereocenters. The van der Waals surface area contributed by atoms with Gasteiger partial charge in [-0.2, -0.15) is 0 Å². The molecule has 0 saturated carbocycles. The van der Waals surface area contributed by atoms with Gasteiger partial charge in [0.2, 0.25) is 0 Å². The van der Waals surface area contributed by atoms with Crippen molar-refractivity contribution in [2.75, 3.05) is 0 Å². The van der Waals surface area contributed by atoms with E-state index in [0.29, 0.717) is 0 Å². The van der Waals surface area contributed by atoms with Gasteiger partial charge < -0.3 is 17.0 Å². The van der Waals surface area contributed by atoms with Gasteiger partial charge in [0.15, 0.2) is 0 Å². The van der Waals surface area contributed by atoms with Crippen LogP contribution in [0.15, 0.2) is 0 Å². The van der Waals surface area contributed by atoms with Crippen LogP contribution in [0.3, 0.4) is 0 Å². The van der Waals surface area contributed by atoms with Crippen molar-refractivity contribution in [3.63, 3.8) is 0 Å². The minimum absolute atomic E-state index is 0. The maximum Gasteiger partial charge on any atom is 0.124 e. The van der Waals surface area contributed by atoms with Crippen molar-refractivity contribution in [1.82, 2.24) is 5.32 Å². The van der Waals surface area contributed by atoms with E-state index in [4.69, 9.17) is 0 Å². The molecular weight excluding hydrogens is 346 g/mol. The number of Topliss-reactive ketones (excluding diaryl/α,β-unsaturated/α-hetero) is 1. The molecule has 2 nitrogen and oxygen atoms in total. The second-order valence-corrected chi connectivity index (χ2v) is 5.56. The van der Waals surface area contributed by atoms with Crippen LogP contribution in [0, 0.1) is 12.3 Å². The van der Waals surface area contributed by atoms with E-state index in [2.05, 4.69) is 12.2 Å². The Labute approximate surface area is 102 Å². The SMILES string of the molecule is [CH2-]C(NC(C)(C)C)C(=O)C(C)(C)C.[W]. The van der Waals surface area contributed by atoms with Gasteiger partial charge in [0.25, 0.3) is 0 Å². The van der Waals surface area contributed by atoms with E-state index in [0.717, 1.165) is 0 Å². The summed E-state index contributed by atoms with van der Waals surface area (Å²) >= 11 is 0. The first-order chi connectivity index (χ1) is 5.54. The summed E-state index contributed by atoms with van der Waals surface area (Å²) in [6.07, 6.45) is 0. The molecule has 0 spiro atoms. The van der Waals surface area contributed by atoms with Gasteiger partial charge in [0, 0.05) is 32.0 Å². The van der Waals surface area contributed by atoms with Crippen LogP contribution in [0.1, 0.15) is 41.5 Å². The Bertz CT molecular complexity index is 188. The minimum Gasteiger partial charge on any atom is -0.332 e. The molecule has 0 amide bonds. The fourth-order valence-corrected chi connectivity index (χ4v) is 1.11. The molecule has 0 bridgehead atoms. The first-order valence-corrected chi connectivity index (χ1v) is 4.69. The average Bonchev–Trinajstić information content (AvgIpc) is 1.79. The van der Waals surface area contributed by atoms with Gasteiger partial charge in [0.05, 0.1) is 0 Å². The van der Waals surface area contributed by atoms with Crippen molar-refractivity contribution in [3.05, 3.63) is 6.92 Å². The van der Waals surface area contributed by atoms with Crippen LogP contribution >= 0.6 is 0 Å². The van der Waals surface area contributed by atoms with Crippen molar-refractivity contribution >= 4 is 5.78 Å². The summed E-state index contributed by atoms with van der Waals surface area (Å²) < 4.78 is 0. The van der Waals surface area contributed by atoms with Crippen molar-refractivity contribution in [1.29, 1.82) is 0 Å². The van der Waals surface area contributed by atoms with E-state index in [1.807, 2.05) is 41.5 Å². The Morgan fingerprint density at radius 2 is 1.50 bits per heavy atom. The van der Waals surface area contributed by atoms with Crippen LogP contribution in [0.4, 0.5) is 0 Å². The second kappa shape index (κ2) is 5.42. The maximum atomic E-state index is 11.7. The largest absolute Gasteiger partial charge is 0.332 e. The molecule has 1 unspecified atom stereocenters. The zero-order chi connectivity index (χ0) is 10.9. The van der Waals surface area contributed by atoms with Crippen molar-refractivity contribution in [2.24, 2.45) is 5.41 Å². The third kappa shape index (κ3) is 6.73. The number of rotatable bonds is 2. The molecule has 0 fully saturated rings. The number of hydrogen-bond acceptors (Lipinski definition) is 2. The molecule has 0 saturated heterocycles. The van der Waals surface area contributed by atoms with Crippen molar-refractivity contribution in [3.8, 4) is 0 Å². The summed E-state index contributed by atoms with van der Waals surface area (Å²) in [5.74, 6) is 0.155. The Morgan fingerprint density at radius 3 is 1.71 bits per heavy atom. The van der Waals surface area contributed by atoms with Crippen LogP contribution in [0.25, 0.3) is 0 Å². The molecule has 14 heavy (non-hydrogen) atoms. The average molecular weight is 368 g/mol. The van der Waals surface area contributed by atoms with Crippen molar-refractivity contribution in [2.45, 2.75) is 53.1 Å². The van der Waals surface area contributed by atoms with Gasteiger partial charge >= 0.3 is 0 Å². The van der Waals surface area contributed by atoms with E-state index in [9.17, 15) is 4.79 Å². The minimum atomic E-state index is -0.319. The number of carbonyl (C=O) groups is 1. The Kier molecular flexibility index (Phi) is 6.47. The van der Waals surface area contributed by atoms with Crippen LogP contribution < -0.4 is 5.32 Å². The number of ketones is 1. The molecule has 0 rings (SSSR count). The van der Waals surface area contributed by atoms with Crippen LogP contribution in [-0.2, 0) is 25.9 Å². The number of carbonyl (C=O) groups excluding carboxylic acids is 1. The van der Waals surface area contributed by atoms with Gasteiger partial charge in [-0.3, -0.25) is 0 Å². The predicted octanol–water partition coefficient (Wildman–Crippen LogP) is 2.19. The summed E-state index contributed by atoms with van der Waals surface area (Å²) in [7, 11) is 0. The first kappa shape index (κ1) is 16.7. The summed E-state index contributed by atoms with van der Waals surface area (Å²) in [4.78, 5) is 11.7. The first-order valence-electron chi connectivity index (χ1n) is 4.69. The van der Waals surface area contributed by atoms with E-state index in [1.54, 1.807) is 0 Å². The van der Waals surface area contributed by atoms with Crippen molar-refractivity contribution < 1.29 is 25.9 Å². The van der Waals surface area contributed by atoms with Gasteiger partial charge in [0.1, 0.15) is 5.78 Å². The smallest absolute Gasteiger partial charge is 0.124 e. The number of hydrogen-bond donors (Lipinski definition) is 1. The van der Waals surface area contributed by atoms with E-state index < -0.39 is 0 Å². The van der Waals surface area contributed by atoms with Crippen LogP contribution in [0.5, 0.6) is 0 Å². The Hall–Kier alpha value is 0.318. The molecule has 0 heterocycles. The van der Waals surface area contributed by atoms with E-state index >= 15 is 0 Å². The molecule has 84 valence electrons. The monoisotopic (exact) mass is 368 g/mol. The molecule has 0 aliphatic rings. The fourth-order valence-electron chi connectivity index (χ4n) is 1.11. The molecule has 0 aromatic rings. The third-order valence-electron chi connectivity index (χ3n) is 1.66. The normalized spacial score (nSPS) is 14.5. The van der Waals surface area contributed by atoms with Gasteiger partial charge in [-0.25, -0.2) is 0 Å². The standard InChI is InChI=1S/C11H22NO.W/c1-8(12-11(5,6)7)9(13)10(2,3)4;/h8,12H,1H2,2-7H3;/q-1;. The topological polar surface area (TPSA) is 29.1 Å². The molecule has 0 aliphatic heterocycles. The van der Waals surface area contributed by atoms with Gasteiger partial charge in [-0.1, -0.05) is 26.8 Å². The van der Waals surface area contributed by atoms with Gasteiger partial charge in [-0.05, 0) is 20.8 Å². The molecule has 0 aliphatic carbocycles. The summed E-state index contributed by atoms with van der Waals surface area (Å²) in [6.45, 7) is 15.7. The maximum absolute atomic E-state index is 11.7. The molecule has 0 radical (unpaired) electrons. The molecule has 0 aromatic carbocycles. The van der Waals surface area contributed by atoms with E-state index in [1.165, 1.54) is 0 Å². The summed E-state index contributed by atoms with van der Waals surface area (Å²) in [5, 5.41) is 3.16. The van der Waals surface area contributed by atoms with E-state index in [-0.39, 0.29) is 43.8 Å². The Balaban J connectivity index is 0. The zero-order valence-corrected chi connectivity index (χ0v) is 13.0. The van der Waals surface area contributed by atoms with Crippen LogP contribution in [0.2, 0.25) is 0 Å². The fraction of sp³-hybridized carbons (Fsp3) is 0.818. The second-order valence-electron chi connectivity index (χ2n) is 5.56. The third-order valence-corrected chi connectivity index (χ3v) is 1.66. The quantitative estimate of drug-likeness (QED) is 0.758. The Morgan fingerprint density at radius 1 is 1.14 bits per heavy atom. The zero-order valence-electron chi connectivity index (χ0n) is 10.1. The predicted molar refractivity (Wildman–Crippen MR) is 56.5 cm³/mol.